The summed E-state index contributed by atoms with van der Waals surface area (Å²) in [6.45, 7) is 8.23. The Morgan fingerprint density at radius 3 is 2.16 bits per heavy atom. The molecule has 1 fully saturated rings. The van der Waals surface area contributed by atoms with Crippen molar-refractivity contribution in [1.29, 1.82) is 0 Å². The van der Waals surface area contributed by atoms with E-state index < -0.39 is 7.12 Å². The highest BCUT2D eigenvalue weighted by atomic mass is 16.7. The van der Waals surface area contributed by atoms with Crippen LogP contribution in [0.1, 0.15) is 27.7 Å². The highest BCUT2D eigenvalue weighted by Gasteiger charge is 2.52. The molecule has 0 atom stereocenters. The summed E-state index contributed by atoms with van der Waals surface area (Å²) in [5, 5.41) is 2.41. The molecule has 2 aromatic carbocycles. The number of benzene rings is 2. The zero-order valence-corrected chi connectivity index (χ0v) is 15.1. The predicted octanol–water partition coefficient (Wildman–Crippen LogP) is 4.20. The van der Waals surface area contributed by atoms with Gasteiger partial charge >= 0.3 is 7.12 Å². The number of hydrogen-bond acceptors (Lipinski definition) is 3. The Morgan fingerprint density at radius 2 is 1.40 bits per heavy atom. The van der Waals surface area contributed by atoms with Gasteiger partial charge in [0.1, 0.15) is 0 Å². The summed E-state index contributed by atoms with van der Waals surface area (Å²) in [5.41, 5.74) is 2.13. The molecule has 1 saturated heterocycles. The molecule has 0 bridgehead atoms. The van der Waals surface area contributed by atoms with Crippen molar-refractivity contribution in [3.8, 4) is 11.3 Å². The minimum Gasteiger partial charge on any atom is -0.398 e. The first-order valence-electron chi connectivity index (χ1n) is 8.68. The van der Waals surface area contributed by atoms with E-state index in [1.165, 1.54) is 10.8 Å². The van der Waals surface area contributed by atoms with Crippen molar-refractivity contribution < 1.29 is 9.31 Å². The minimum atomic E-state index is -0.445. The summed E-state index contributed by atoms with van der Waals surface area (Å²) in [6.07, 6.45) is 0. The molecule has 0 spiro atoms. The van der Waals surface area contributed by atoms with Gasteiger partial charge in [0.15, 0.2) is 0 Å². The van der Waals surface area contributed by atoms with Crippen LogP contribution in [0.15, 0.2) is 60.7 Å². The van der Waals surface area contributed by atoms with Gasteiger partial charge in [-0.15, -0.1) is 0 Å². The monoisotopic (exact) mass is 331 g/mol. The molecule has 0 aliphatic carbocycles. The van der Waals surface area contributed by atoms with Crippen molar-refractivity contribution >= 4 is 23.5 Å². The Hall–Kier alpha value is -2.17. The van der Waals surface area contributed by atoms with Crippen LogP contribution in [0, 0.1) is 0 Å². The lowest BCUT2D eigenvalue weighted by Gasteiger charge is -2.32. The van der Waals surface area contributed by atoms with Crippen LogP contribution in [0.25, 0.3) is 22.0 Å². The van der Waals surface area contributed by atoms with Gasteiger partial charge < -0.3 is 9.31 Å². The molecule has 4 heteroatoms. The molecule has 0 radical (unpaired) electrons. The zero-order chi connectivity index (χ0) is 17.7. The van der Waals surface area contributed by atoms with Gasteiger partial charge in [-0.05, 0) is 50.6 Å². The van der Waals surface area contributed by atoms with Crippen LogP contribution >= 0.6 is 0 Å². The maximum atomic E-state index is 6.14. The average molecular weight is 331 g/mol. The summed E-state index contributed by atoms with van der Waals surface area (Å²) >= 11 is 0. The number of fused-ring (bicyclic) bond motifs is 1. The Kier molecular flexibility index (Phi) is 3.71. The molecule has 126 valence electrons. The molecule has 0 saturated carbocycles. The first-order chi connectivity index (χ1) is 11.9. The summed E-state index contributed by atoms with van der Waals surface area (Å²) in [7, 11) is -0.445. The van der Waals surface area contributed by atoms with Gasteiger partial charge in [0, 0.05) is 5.56 Å². The summed E-state index contributed by atoms with van der Waals surface area (Å²) in [5.74, 6) is 0. The van der Waals surface area contributed by atoms with E-state index in [0.29, 0.717) is 0 Å². The van der Waals surface area contributed by atoms with Gasteiger partial charge in [0.2, 0.25) is 0 Å². The third-order valence-corrected chi connectivity index (χ3v) is 5.33. The Labute approximate surface area is 149 Å². The molecule has 3 nitrogen and oxygen atoms in total. The van der Waals surface area contributed by atoms with Gasteiger partial charge in [-0.2, -0.15) is 0 Å². The molecule has 4 rings (SSSR count). The van der Waals surface area contributed by atoms with E-state index in [4.69, 9.17) is 14.3 Å². The zero-order valence-electron chi connectivity index (χ0n) is 15.1. The van der Waals surface area contributed by atoms with E-state index in [9.17, 15) is 0 Å². The van der Waals surface area contributed by atoms with Crippen LogP contribution in [0.4, 0.5) is 0 Å². The molecule has 0 N–H and O–H groups in total. The van der Waals surface area contributed by atoms with Crippen molar-refractivity contribution in [2.75, 3.05) is 0 Å². The Morgan fingerprint density at radius 1 is 0.760 bits per heavy atom. The van der Waals surface area contributed by atoms with E-state index >= 15 is 0 Å². The third-order valence-electron chi connectivity index (χ3n) is 5.33. The number of hydrogen-bond donors (Lipinski definition) is 0. The quantitative estimate of drug-likeness (QED) is 0.660. The Balaban J connectivity index is 1.76. The normalized spacial score (nSPS) is 18.6. The Bertz CT molecular complexity index is 915. The highest BCUT2D eigenvalue weighted by molar-refractivity contribution is 6.61. The van der Waals surface area contributed by atoms with Gasteiger partial charge in [-0.25, -0.2) is 0 Å². The molecule has 25 heavy (non-hydrogen) atoms. The van der Waals surface area contributed by atoms with Crippen LogP contribution in [0.2, 0.25) is 0 Å². The molecule has 0 amide bonds. The number of rotatable bonds is 2. The van der Waals surface area contributed by atoms with Crippen LogP contribution < -0.4 is 5.59 Å². The van der Waals surface area contributed by atoms with Gasteiger partial charge in [0.05, 0.1) is 22.5 Å². The van der Waals surface area contributed by atoms with Gasteiger partial charge in [-0.3, -0.25) is 4.98 Å². The number of nitrogens with zero attached hydrogens (tertiary/aromatic N) is 1. The van der Waals surface area contributed by atoms with Gasteiger partial charge in [-0.1, -0.05) is 48.5 Å². The van der Waals surface area contributed by atoms with Crippen molar-refractivity contribution in [2.45, 2.75) is 38.9 Å². The van der Waals surface area contributed by atoms with Crippen molar-refractivity contribution in [3.63, 3.8) is 0 Å². The van der Waals surface area contributed by atoms with Crippen molar-refractivity contribution in [2.24, 2.45) is 0 Å². The molecule has 1 aromatic heterocycles. The second-order valence-corrected chi connectivity index (χ2v) is 7.56. The lowest BCUT2D eigenvalue weighted by Crippen LogP contribution is -2.41. The minimum absolute atomic E-state index is 0.366. The molecule has 3 aromatic rings. The fourth-order valence-electron chi connectivity index (χ4n) is 3.15. The smallest absolute Gasteiger partial charge is 0.398 e. The van der Waals surface area contributed by atoms with E-state index in [-0.39, 0.29) is 11.2 Å². The molecular formula is C21H22BNO2. The summed E-state index contributed by atoms with van der Waals surface area (Å²) in [6, 6.07) is 20.7. The maximum absolute atomic E-state index is 6.14. The van der Waals surface area contributed by atoms with Crippen molar-refractivity contribution in [1.82, 2.24) is 4.98 Å². The molecular weight excluding hydrogens is 309 g/mol. The fourth-order valence-corrected chi connectivity index (χ4v) is 3.15. The van der Waals surface area contributed by atoms with Crippen LogP contribution in [-0.2, 0) is 9.31 Å². The lowest BCUT2D eigenvalue weighted by atomic mass is 9.84. The molecule has 1 aliphatic rings. The number of aromatic nitrogens is 1. The van der Waals surface area contributed by atoms with Crippen LogP contribution in [0.5, 0.6) is 0 Å². The SMILES string of the molecule is CC1(C)OB(c2cccc(-c3cccc4ccccc34)n2)OC1(C)C. The first kappa shape index (κ1) is 16.3. The van der Waals surface area contributed by atoms with E-state index in [0.717, 1.165) is 16.9 Å². The van der Waals surface area contributed by atoms with E-state index in [1.54, 1.807) is 0 Å². The molecule has 2 heterocycles. The number of pyridine rings is 1. The predicted molar refractivity (Wildman–Crippen MR) is 103 cm³/mol. The summed E-state index contributed by atoms with van der Waals surface area (Å²) < 4.78 is 12.3. The molecule has 1 aliphatic heterocycles. The summed E-state index contributed by atoms with van der Waals surface area (Å²) in [4.78, 5) is 4.86. The van der Waals surface area contributed by atoms with Crippen LogP contribution in [-0.4, -0.2) is 23.3 Å². The highest BCUT2D eigenvalue weighted by Crippen LogP contribution is 2.36. The van der Waals surface area contributed by atoms with E-state index in [2.05, 4.69) is 70.2 Å². The third kappa shape index (κ3) is 2.76. The first-order valence-corrected chi connectivity index (χ1v) is 8.68. The van der Waals surface area contributed by atoms with Crippen molar-refractivity contribution in [3.05, 3.63) is 60.7 Å². The van der Waals surface area contributed by atoms with E-state index in [1.807, 2.05) is 18.2 Å². The fraction of sp³-hybridized carbons (Fsp3) is 0.286. The topological polar surface area (TPSA) is 31.4 Å². The molecule has 0 unspecified atom stereocenters. The maximum Gasteiger partial charge on any atom is 0.514 e. The van der Waals surface area contributed by atoms with Crippen LogP contribution in [0.3, 0.4) is 0 Å². The van der Waals surface area contributed by atoms with Gasteiger partial charge in [0.25, 0.3) is 0 Å². The largest absolute Gasteiger partial charge is 0.514 e. The second kappa shape index (κ2) is 5.68. The standard InChI is InChI=1S/C21H22BNO2/c1-20(2)21(3,4)25-22(24-20)19-14-8-13-18(23-19)17-12-7-10-15-9-5-6-11-16(15)17/h5-14H,1-4H3. The second-order valence-electron chi connectivity index (χ2n) is 7.56. The average Bonchev–Trinajstić information content (AvgIpc) is 2.82. The lowest BCUT2D eigenvalue weighted by molar-refractivity contribution is 0.00578.